The van der Waals surface area contributed by atoms with E-state index in [9.17, 15) is 4.79 Å². The van der Waals surface area contributed by atoms with Crippen molar-refractivity contribution in [2.75, 3.05) is 0 Å². The largest absolute Gasteiger partial charge is 0.481 e. The van der Waals surface area contributed by atoms with Gasteiger partial charge in [0.25, 0.3) is 0 Å². The van der Waals surface area contributed by atoms with Gasteiger partial charge in [0.15, 0.2) is 0 Å². The van der Waals surface area contributed by atoms with Crippen LogP contribution in [0.25, 0.3) is 16.9 Å². The highest BCUT2D eigenvalue weighted by molar-refractivity contribution is 5.71. The number of imidazole rings is 1. The summed E-state index contributed by atoms with van der Waals surface area (Å²) in [4.78, 5) is 15.8. The SMILES string of the molecule is CCc1ccc(-c2nc3c(C)cccn3c2CCC(=O)O)cc1. The van der Waals surface area contributed by atoms with Crippen LogP contribution in [0.2, 0.25) is 0 Å². The molecule has 4 nitrogen and oxygen atoms in total. The predicted molar refractivity (Wildman–Crippen MR) is 90.7 cm³/mol. The van der Waals surface area contributed by atoms with E-state index >= 15 is 0 Å². The van der Waals surface area contributed by atoms with Gasteiger partial charge in [-0.25, -0.2) is 4.98 Å². The van der Waals surface area contributed by atoms with Gasteiger partial charge in [-0.3, -0.25) is 4.79 Å². The van der Waals surface area contributed by atoms with Crippen molar-refractivity contribution < 1.29 is 9.90 Å². The zero-order valence-corrected chi connectivity index (χ0v) is 13.4. The number of nitrogens with zero attached hydrogens (tertiary/aromatic N) is 2. The lowest BCUT2D eigenvalue weighted by atomic mass is 10.0. The number of fused-ring (bicyclic) bond motifs is 1. The first kappa shape index (κ1) is 15.3. The van der Waals surface area contributed by atoms with Crippen molar-refractivity contribution in [3.8, 4) is 11.3 Å². The second kappa shape index (κ2) is 6.24. The summed E-state index contributed by atoms with van der Waals surface area (Å²) in [7, 11) is 0. The average molecular weight is 308 g/mol. The maximum absolute atomic E-state index is 11.0. The van der Waals surface area contributed by atoms with Gasteiger partial charge in [0.05, 0.1) is 17.8 Å². The van der Waals surface area contributed by atoms with Gasteiger partial charge < -0.3 is 9.51 Å². The van der Waals surface area contributed by atoms with Crippen LogP contribution in [-0.2, 0) is 17.6 Å². The van der Waals surface area contributed by atoms with E-state index in [-0.39, 0.29) is 6.42 Å². The molecular weight excluding hydrogens is 288 g/mol. The molecule has 2 heterocycles. The molecule has 3 aromatic rings. The highest BCUT2D eigenvalue weighted by atomic mass is 16.4. The first-order chi connectivity index (χ1) is 11.1. The summed E-state index contributed by atoms with van der Waals surface area (Å²) in [6.45, 7) is 4.15. The van der Waals surface area contributed by atoms with Gasteiger partial charge in [-0.15, -0.1) is 0 Å². The lowest BCUT2D eigenvalue weighted by Gasteiger charge is -2.05. The van der Waals surface area contributed by atoms with Gasteiger partial charge in [-0.05, 0) is 30.5 Å². The monoisotopic (exact) mass is 308 g/mol. The fraction of sp³-hybridized carbons (Fsp3) is 0.263. The predicted octanol–water partition coefficient (Wildman–Crippen LogP) is 3.89. The number of aromatic nitrogens is 2. The fourth-order valence-electron chi connectivity index (χ4n) is 2.85. The first-order valence-electron chi connectivity index (χ1n) is 7.87. The summed E-state index contributed by atoms with van der Waals surface area (Å²) in [6.07, 6.45) is 3.51. The Morgan fingerprint density at radius 2 is 1.96 bits per heavy atom. The Morgan fingerprint density at radius 1 is 1.22 bits per heavy atom. The van der Waals surface area contributed by atoms with Crippen molar-refractivity contribution >= 4 is 11.6 Å². The van der Waals surface area contributed by atoms with E-state index in [0.29, 0.717) is 6.42 Å². The molecule has 1 N–H and O–H groups in total. The molecule has 0 spiro atoms. The average Bonchev–Trinajstić information content (AvgIpc) is 2.93. The zero-order chi connectivity index (χ0) is 16.4. The normalized spacial score (nSPS) is 11.0. The number of hydrogen-bond acceptors (Lipinski definition) is 2. The number of carbonyl (C=O) groups is 1. The maximum atomic E-state index is 11.0. The van der Waals surface area contributed by atoms with E-state index in [4.69, 9.17) is 10.1 Å². The van der Waals surface area contributed by atoms with Crippen molar-refractivity contribution in [3.05, 3.63) is 59.4 Å². The highest BCUT2D eigenvalue weighted by Crippen LogP contribution is 2.27. The molecule has 0 aliphatic heterocycles. The Morgan fingerprint density at radius 3 is 2.61 bits per heavy atom. The van der Waals surface area contributed by atoms with Crippen molar-refractivity contribution in [3.63, 3.8) is 0 Å². The molecule has 0 aliphatic carbocycles. The summed E-state index contributed by atoms with van der Waals surface area (Å²) < 4.78 is 2.02. The molecular formula is C19H20N2O2. The summed E-state index contributed by atoms with van der Waals surface area (Å²) in [6, 6.07) is 12.3. The fourth-order valence-corrected chi connectivity index (χ4v) is 2.85. The van der Waals surface area contributed by atoms with Gasteiger partial charge in [-0.2, -0.15) is 0 Å². The molecule has 4 heteroatoms. The number of carboxylic acids is 1. The molecule has 0 amide bonds. The quantitative estimate of drug-likeness (QED) is 0.778. The van der Waals surface area contributed by atoms with Gasteiger partial charge in [-0.1, -0.05) is 37.3 Å². The van der Waals surface area contributed by atoms with Crippen molar-refractivity contribution in [1.82, 2.24) is 9.38 Å². The number of hydrogen-bond donors (Lipinski definition) is 1. The summed E-state index contributed by atoms with van der Waals surface area (Å²) >= 11 is 0. The molecule has 0 aliphatic rings. The van der Waals surface area contributed by atoms with E-state index in [2.05, 4.69) is 31.2 Å². The number of pyridine rings is 1. The van der Waals surface area contributed by atoms with Crippen LogP contribution >= 0.6 is 0 Å². The van der Waals surface area contributed by atoms with E-state index in [1.807, 2.05) is 29.7 Å². The number of aryl methyl sites for hydroxylation is 3. The van der Waals surface area contributed by atoms with E-state index < -0.39 is 5.97 Å². The molecule has 0 fully saturated rings. The maximum Gasteiger partial charge on any atom is 0.303 e. The molecule has 0 saturated heterocycles. The van der Waals surface area contributed by atoms with Crippen LogP contribution in [-0.4, -0.2) is 20.5 Å². The van der Waals surface area contributed by atoms with Crippen molar-refractivity contribution in [1.29, 1.82) is 0 Å². The minimum Gasteiger partial charge on any atom is -0.481 e. The molecule has 0 radical (unpaired) electrons. The minimum absolute atomic E-state index is 0.0990. The van der Waals surface area contributed by atoms with E-state index in [0.717, 1.165) is 34.6 Å². The molecule has 3 rings (SSSR count). The second-order valence-electron chi connectivity index (χ2n) is 5.74. The zero-order valence-electron chi connectivity index (χ0n) is 13.4. The van der Waals surface area contributed by atoms with Crippen LogP contribution in [0, 0.1) is 6.92 Å². The Balaban J connectivity index is 2.15. The molecule has 118 valence electrons. The van der Waals surface area contributed by atoms with Crippen LogP contribution in [0.5, 0.6) is 0 Å². The van der Waals surface area contributed by atoms with Crippen molar-refractivity contribution in [2.45, 2.75) is 33.1 Å². The number of aliphatic carboxylic acids is 1. The van der Waals surface area contributed by atoms with Crippen molar-refractivity contribution in [2.24, 2.45) is 0 Å². The number of benzene rings is 1. The van der Waals surface area contributed by atoms with E-state index in [1.165, 1.54) is 5.56 Å². The smallest absolute Gasteiger partial charge is 0.303 e. The summed E-state index contributed by atoms with van der Waals surface area (Å²) in [5, 5.41) is 9.04. The molecule has 0 saturated carbocycles. The topological polar surface area (TPSA) is 54.6 Å². The molecule has 0 unspecified atom stereocenters. The number of rotatable bonds is 5. The van der Waals surface area contributed by atoms with Gasteiger partial charge in [0.1, 0.15) is 5.65 Å². The molecule has 2 aromatic heterocycles. The third-order valence-corrected chi connectivity index (χ3v) is 4.16. The van der Waals surface area contributed by atoms with Gasteiger partial charge >= 0.3 is 5.97 Å². The lowest BCUT2D eigenvalue weighted by Crippen LogP contribution is -2.01. The number of carboxylic acid groups (broad SMARTS) is 1. The molecule has 1 aromatic carbocycles. The minimum atomic E-state index is -0.792. The molecule has 0 bridgehead atoms. The van der Waals surface area contributed by atoms with Gasteiger partial charge in [0, 0.05) is 18.2 Å². The highest BCUT2D eigenvalue weighted by Gasteiger charge is 2.16. The molecule has 0 atom stereocenters. The second-order valence-corrected chi connectivity index (χ2v) is 5.74. The lowest BCUT2D eigenvalue weighted by molar-refractivity contribution is -0.136. The first-order valence-corrected chi connectivity index (χ1v) is 7.87. The Bertz CT molecular complexity index is 848. The standard InChI is InChI=1S/C19H20N2O2/c1-3-14-6-8-15(9-7-14)18-16(10-11-17(22)23)21-12-4-5-13(2)19(21)20-18/h4-9,12H,3,10-11H2,1-2H3,(H,22,23). The van der Waals surface area contributed by atoms with Crippen LogP contribution in [0.3, 0.4) is 0 Å². The van der Waals surface area contributed by atoms with Crippen LogP contribution < -0.4 is 0 Å². The molecule has 23 heavy (non-hydrogen) atoms. The third kappa shape index (κ3) is 2.97. The van der Waals surface area contributed by atoms with Gasteiger partial charge in [0.2, 0.25) is 0 Å². The summed E-state index contributed by atoms with van der Waals surface area (Å²) in [5.74, 6) is -0.792. The van der Waals surface area contributed by atoms with Crippen LogP contribution in [0.15, 0.2) is 42.6 Å². The van der Waals surface area contributed by atoms with Crippen LogP contribution in [0.1, 0.15) is 30.2 Å². The Kier molecular flexibility index (Phi) is 4.15. The van der Waals surface area contributed by atoms with Crippen LogP contribution in [0.4, 0.5) is 0 Å². The van der Waals surface area contributed by atoms with E-state index in [1.54, 1.807) is 0 Å². The Hall–Kier alpha value is -2.62. The summed E-state index contributed by atoms with van der Waals surface area (Å²) in [5.41, 5.74) is 6.12. The third-order valence-electron chi connectivity index (χ3n) is 4.16. The Labute approximate surface area is 135 Å².